The van der Waals surface area contributed by atoms with Crippen molar-refractivity contribution in [2.75, 3.05) is 13.2 Å². The topological polar surface area (TPSA) is 38.3 Å². The van der Waals surface area contributed by atoms with Crippen LogP contribution in [-0.4, -0.2) is 25.2 Å². The van der Waals surface area contributed by atoms with Gasteiger partial charge in [0, 0.05) is 6.04 Å². The molecular formula is C16H25NO2. The third-order valence-electron chi connectivity index (χ3n) is 3.12. The van der Waals surface area contributed by atoms with Gasteiger partial charge in [-0.15, -0.1) is 0 Å². The highest BCUT2D eigenvalue weighted by Crippen LogP contribution is 2.09. The second-order valence-corrected chi connectivity index (χ2v) is 4.64. The minimum atomic E-state index is -0.126. The van der Waals surface area contributed by atoms with E-state index < -0.39 is 0 Å². The van der Waals surface area contributed by atoms with Crippen molar-refractivity contribution in [2.24, 2.45) is 0 Å². The highest BCUT2D eigenvalue weighted by molar-refractivity contribution is 5.70. The largest absolute Gasteiger partial charge is 0.466 e. The molecule has 0 aliphatic rings. The minimum Gasteiger partial charge on any atom is -0.466 e. The van der Waals surface area contributed by atoms with Crippen molar-refractivity contribution in [3.8, 4) is 0 Å². The van der Waals surface area contributed by atoms with E-state index in [0.29, 0.717) is 13.0 Å². The van der Waals surface area contributed by atoms with E-state index in [-0.39, 0.29) is 12.0 Å². The fraction of sp³-hybridized carbons (Fsp3) is 0.562. The van der Waals surface area contributed by atoms with Crippen molar-refractivity contribution < 1.29 is 9.53 Å². The summed E-state index contributed by atoms with van der Waals surface area (Å²) in [7, 11) is 0. The normalized spacial score (nSPS) is 12.2. The zero-order valence-corrected chi connectivity index (χ0v) is 12.2. The van der Waals surface area contributed by atoms with Gasteiger partial charge in [0.15, 0.2) is 0 Å². The van der Waals surface area contributed by atoms with E-state index in [4.69, 9.17) is 4.74 Å². The molecule has 0 saturated heterocycles. The van der Waals surface area contributed by atoms with E-state index in [2.05, 4.69) is 43.4 Å². The first-order valence-electron chi connectivity index (χ1n) is 7.16. The highest BCUT2D eigenvalue weighted by atomic mass is 16.5. The lowest BCUT2D eigenvalue weighted by Gasteiger charge is -2.17. The Labute approximate surface area is 116 Å². The average Bonchev–Trinajstić information content (AvgIpc) is 2.40. The molecule has 1 rings (SSSR count). The number of aryl methyl sites for hydroxylation is 1. The quantitative estimate of drug-likeness (QED) is 0.733. The van der Waals surface area contributed by atoms with Crippen molar-refractivity contribution in [1.29, 1.82) is 0 Å². The van der Waals surface area contributed by atoms with Crippen LogP contribution in [-0.2, 0) is 22.4 Å². The van der Waals surface area contributed by atoms with Gasteiger partial charge in [0.2, 0.25) is 0 Å². The summed E-state index contributed by atoms with van der Waals surface area (Å²) in [5, 5.41) is 3.35. The maximum atomic E-state index is 11.6. The van der Waals surface area contributed by atoms with Gasteiger partial charge in [-0.3, -0.25) is 4.79 Å². The summed E-state index contributed by atoms with van der Waals surface area (Å²) in [5.41, 5.74) is 2.60. The van der Waals surface area contributed by atoms with Crippen LogP contribution in [0.1, 0.15) is 38.3 Å². The summed E-state index contributed by atoms with van der Waals surface area (Å²) in [6.07, 6.45) is 2.34. The Morgan fingerprint density at radius 2 is 1.79 bits per heavy atom. The van der Waals surface area contributed by atoms with Crippen LogP contribution >= 0.6 is 0 Å². The van der Waals surface area contributed by atoms with Crippen LogP contribution < -0.4 is 5.32 Å². The molecule has 1 unspecified atom stereocenters. The van der Waals surface area contributed by atoms with Crippen molar-refractivity contribution in [3.63, 3.8) is 0 Å². The summed E-state index contributed by atoms with van der Waals surface area (Å²) >= 11 is 0. The van der Waals surface area contributed by atoms with Gasteiger partial charge in [-0.1, -0.05) is 38.1 Å². The first-order valence-corrected chi connectivity index (χ1v) is 7.16. The molecule has 0 aliphatic carbocycles. The molecule has 0 radical (unpaired) electrons. The summed E-state index contributed by atoms with van der Waals surface area (Å²) in [6.45, 7) is 7.35. The van der Waals surface area contributed by atoms with Gasteiger partial charge in [0.05, 0.1) is 13.0 Å². The summed E-state index contributed by atoms with van der Waals surface area (Å²) in [4.78, 5) is 11.6. The van der Waals surface area contributed by atoms with Crippen LogP contribution in [0.3, 0.4) is 0 Å². The Morgan fingerprint density at radius 3 is 2.32 bits per heavy atom. The Balaban J connectivity index is 2.58. The molecule has 0 bridgehead atoms. The molecule has 3 nitrogen and oxygen atoms in total. The lowest BCUT2D eigenvalue weighted by molar-refractivity contribution is -0.143. The van der Waals surface area contributed by atoms with E-state index in [9.17, 15) is 4.79 Å². The lowest BCUT2D eigenvalue weighted by atomic mass is 10.0. The first kappa shape index (κ1) is 15.7. The zero-order chi connectivity index (χ0) is 14.1. The van der Waals surface area contributed by atoms with Crippen LogP contribution in [0.5, 0.6) is 0 Å². The zero-order valence-electron chi connectivity index (χ0n) is 12.2. The Kier molecular flexibility index (Phi) is 7.19. The number of rotatable bonds is 8. The predicted molar refractivity (Wildman–Crippen MR) is 78.2 cm³/mol. The molecule has 0 saturated carbocycles. The van der Waals surface area contributed by atoms with E-state index in [1.54, 1.807) is 0 Å². The molecule has 1 N–H and O–H groups in total. The van der Waals surface area contributed by atoms with Crippen LogP contribution in [0.2, 0.25) is 0 Å². The number of hydrogen-bond donors (Lipinski definition) is 1. The fourth-order valence-electron chi connectivity index (χ4n) is 2.12. The van der Waals surface area contributed by atoms with Gasteiger partial charge < -0.3 is 10.1 Å². The van der Waals surface area contributed by atoms with Crippen molar-refractivity contribution in [3.05, 3.63) is 35.4 Å². The lowest BCUT2D eigenvalue weighted by Crippen LogP contribution is -2.33. The van der Waals surface area contributed by atoms with Gasteiger partial charge in [-0.2, -0.15) is 0 Å². The Bertz CT molecular complexity index is 373. The van der Waals surface area contributed by atoms with E-state index in [1.165, 1.54) is 11.1 Å². The number of likely N-dealkylation sites (N-methyl/N-ethyl adjacent to an activating group) is 1. The molecule has 106 valence electrons. The van der Waals surface area contributed by atoms with E-state index in [0.717, 1.165) is 19.4 Å². The number of nitrogens with one attached hydrogen (secondary N) is 1. The monoisotopic (exact) mass is 263 g/mol. The molecule has 0 fully saturated rings. The maximum absolute atomic E-state index is 11.6. The molecule has 3 heteroatoms. The SMILES string of the molecule is CCNC(CC(=O)OCC)Cc1ccc(CC)cc1. The van der Waals surface area contributed by atoms with E-state index >= 15 is 0 Å². The summed E-state index contributed by atoms with van der Waals surface area (Å²) < 4.78 is 5.01. The van der Waals surface area contributed by atoms with Crippen molar-refractivity contribution >= 4 is 5.97 Å². The number of hydrogen-bond acceptors (Lipinski definition) is 3. The second kappa shape index (κ2) is 8.70. The fourth-order valence-corrected chi connectivity index (χ4v) is 2.12. The van der Waals surface area contributed by atoms with Gasteiger partial charge in [0.25, 0.3) is 0 Å². The van der Waals surface area contributed by atoms with Gasteiger partial charge in [0.1, 0.15) is 0 Å². The van der Waals surface area contributed by atoms with Crippen LogP contribution in [0.15, 0.2) is 24.3 Å². The third kappa shape index (κ3) is 5.88. The first-order chi connectivity index (χ1) is 9.19. The van der Waals surface area contributed by atoms with Crippen LogP contribution in [0.4, 0.5) is 0 Å². The highest BCUT2D eigenvalue weighted by Gasteiger charge is 2.14. The Morgan fingerprint density at radius 1 is 1.16 bits per heavy atom. The standard InChI is InChI=1S/C16H25NO2/c1-4-13-7-9-14(10-8-13)11-15(17-5-2)12-16(18)19-6-3/h7-10,15,17H,4-6,11-12H2,1-3H3. The number of benzene rings is 1. The molecule has 0 aromatic heterocycles. The molecule has 1 aromatic rings. The maximum Gasteiger partial charge on any atom is 0.307 e. The molecule has 0 spiro atoms. The molecular weight excluding hydrogens is 238 g/mol. The van der Waals surface area contributed by atoms with Gasteiger partial charge >= 0.3 is 5.97 Å². The molecule has 1 aromatic carbocycles. The summed E-state index contributed by atoms with van der Waals surface area (Å²) in [6, 6.07) is 8.75. The van der Waals surface area contributed by atoms with E-state index in [1.807, 2.05) is 6.92 Å². The predicted octanol–water partition coefficient (Wildman–Crippen LogP) is 2.72. The van der Waals surface area contributed by atoms with Crippen LogP contribution in [0.25, 0.3) is 0 Å². The number of ether oxygens (including phenoxy) is 1. The summed E-state index contributed by atoms with van der Waals surface area (Å²) in [5.74, 6) is -0.126. The van der Waals surface area contributed by atoms with Crippen molar-refractivity contribution in [2.45, 2.75) is 46.1 Å². The number of carbonyl (C=O) groups excluding carboxylic acids is 1. The Hall–Kier alpha value is -1.35. The van der Waals surface area contributed by atoms with Crippen molar-refractivity contribution in [1.82, 2.24) is 5.32 Å². The second-order valence-electron chi connectivity index (χ2n) is 4.64. The number of esters is 1. The van der Waals surface area contributed by atoms with Gasteiger partial charge in [-0.05, 0) is 37.4 Å². The minimum absolute atomic E-state index is 0.126. The molecule has 19 heavy (non-hydrogen) atoms. The third-order valence-corrected chi connectivity index (χ3v) is 3.12. The van der Waals surface area contributed by atoms with Crippen LogP contribution in [0, 0.1) is 0 Å². The smallest absolute Gasteiger partial charge is 0.307 e. The van der Waals surface area contributed by atoms with Gasteiger partial charge in [-0.25, -0.2) is 0 Å². The molecule has 0 heterocycles. The number of carbonyl (C=O) groups is 1. The molecule has 1 atom stereocenters. The molecule has 0 amide bonds. The average molecular weight is 263 g/mol. The molecule has 0 aliphatic heterocycles.